The second-order valence-corrected chi connectivity index (χ2v) is 6.69. The van der Waals surface area contributed by atoms with Gasteiger partial charge in [-0.05, 0) is 25.7 Å². The Morgan fingerprint density at radius 1 is 1.24 bits per heavy atom. The van der Waals surface area contributed by atoms with Crippen LogP contribution in [-0.2, 0) is 0 Å². The highest BCUT2D eigenvalue weighted by atomic mass is 15.3. The second kappa shape index (κ2) is 6.19. The van der Waals surface area contributed by atoms with Crippen LogP contribution in [0.15, 0.2) is 0 Å². The molecule has 0 radical (unpaired) electrons. The molecule has 0 bridgehead atoms. The van der Waals surface area contributed by atoms with Crippen molar-refractivity contribution in [3.8, 4) is 0 Å². The molecule has 1 aliphatic heterocycles. The van der Waals surface area contributed by atoms with Crippen LogP contribution in [0, 0.1) is 11.8 Å². The number of hydrogen-bond donors (Lipinski definition) is 1. The summed E-state index contributed by atoms with van der Waals surface area (Å²) in [6.45, 7) is 17.6. The molecule has 0 spiro atoms. The summed E-state index contributed by atoms with van der Waals surface area (Å²) in [5, 5.41) is 3.69. The Hall–Kier alpha value is -0.0800. The number of nitrogens with zero attached hydrogens (tertiary/aromatic N) is 1. The Balaban J connectivity index is 2.67. The molecule has 17 heavy (non-hydrogen) atoms. The fourth-order valence-electron chi connectivity index (χ4n) is 2.93. The summed E-state index contributed by atoms with van der Waals surface area (Å²) < 4.78 is 0. The van der Waals surface area contributed by atoms with Crippen molar-refractivity contribution in [2.45, 2.75) is 66.0 Å². The molecule has 1 aliphatic rings. The van der Waals surface area contributed by atoms with Gasteiger partial charge < -0.3 is 5.32 Å². The predicted octanol–water partition coefficient (Wildman–Crippen LogP) is 3.13. The van der Waals surface area contributed by atoms with Crippen LogP contribution in [0.1, 0.15) is 54.4 Å². The summed E-state index contributed by atoms with van der Waals surface area (Å²) in [5.74, 6) is 1.61. The molecule has 0 aromatic heterocycles. The van der Waals surface area contributed by atoms with E-state index in [4.69, 9.17) is 0 Å². The number of rotatable bonds is 5. The van der Waals surface area contributed by atoms with Crippen molar-refractivity contribution in [1.29, 1.82) is 0 Å². The summed E-state index contributed by atoms with van der Waals surface area (Å²) in [4.78, 5) is 2.73. The third-order valence-corrected chi connectivity index (χ3v) is 4.27. The normalized spacial score (nSPS) is 25.8. The number of piperazine rings is 1. The largest absolute Gasteiger partial charge is 0.309 e. The molecule has 102 valence electrons. The van der Waals surface area contributed by atoms with E-state index in [1.54, 1.807) is 0 Å². The van der Waals surface area contributed by atoms with Gasteiger partial charge in [-0.1, -0.05) is 40.5 Å². The highest BCUT2D eigenvalue weighted by Crippen LogP contribution is 2.23. The molecular formula is C15H32N2. The molecule has 1 rings (SSSR count). The van der Waals surface area contributed by atoms with Crippen molar-refractivity contribution in [3.05, 3.63) is 0 Å². The first-order valence-electron chi connectivity index (χ1n) is 7.38. The molecule has 0 saturated carbocycles. The molecule has 2 nitrogen and oxygen atoms in total. The minimum atomic E-state index is 0.275. The van der Waals surface area contributed by atoms with Gasteiger partial charge in [0.15, 0.2) is 0 Å². The van der Waals surface area contributed by atoms with Crippen molar-refractivity contribution in [3.63, 3.8) is 0 Å². The third-order valence-electron chi connectivity index (χ3n) is 4.27. The zero-order chi connectivity index (χ0) is 13.1. The van der Waals surface area contributed by atoms with E-state index >= 15 is 0 Å². The summed E-state index contributed by atoms with van der Waals surface area (Å²) in [6.07, 6.45) is 2.62. The van der Waals surface area contributed by atoms with Gasteiger partial charge in [0.05, 0.1) is 0 Å². The maximum absolute atomic E-state index is 3.69. The first kappa shape index (κ1) is 15.0. The van der Waals surface area contributed by atoms with Crippen LogP contribution in [-0.4, -0.2) is 36.1 Å². The van der Waals surface area contributed by atoms with Crippen molar-refractivity contribution in [2.75, 3.05) is 19.6 Å². The molecule has 2 heteroatoms. The lowest BCUT2D eigenvalue weighted by atomic mass is 9.91. The van der Waals surface area contributed by atoms with Gasteiger partial charge in [-0.2, -0.15) is 0 Å². The van der Waals surface area contributed by atoms with Crippen LogP contribution in [0.4, 0.5) is 0 Å². The average Bonchev–Trinajstić information content (AvgIpc) is 2.24. The maximum atomic E-state index is 3.69. The molecule has 0 aromatic carbocycles. The Kier molecular flexibility index (Phi) is 5.46. The Bertz CT molecular complexity index is 219. The van der Waals surface area contributed by atoms with E-state index < -0.39 is 0 Å². The summed E-state index contributed by atoms with van der Waals surface area (Å²) >= 11 is 0. The molecule has 1 saturated heterocycles. The summed E-state index contributed by atoms with van der Waals surface area (Å²) in [7, 11) is 0. The molecule has 1 heterocycles. The Morgan fingerprint density at radius 2 is 1.82 bits per heavy atom. The average molecular weight is 240 g/mol. The van der Waals surface area contributed by atoms with Gasteiger partial charge in [0.25, 0.3) is 0 Å². The van der Waals surface area contributed by atoms with Gasteiger partial charge in [0.2, 0.25) is 0 Å². The first-order valence-corrected chi connectivity index (χ1v) is 7.38. The first-order chi connectivity index (χ1) is 7.89. The highest BCUT2D eigenvalue weighted by Gasteiger charge is 2.34. The minimum absolute atomic E-state index is 0.275. The lowest BCUT2D eigenvalue weighted by Gasteiger charge is -2.47. The van der Waals surface area contributed by atoms with Gasteiger partial charge in [-0.25, -0.2) is 0 Å². The molecule has 1 fully saturated rings. The van der Waals surface area contributed by atoms with Crippen LogP contribution < -0.4 is 5.32 Å². The lowest BCUT2D eigenvalue weighted by Crippen LogP contribution is -2.63. The van der Waals surface area contributed by atoms with Crippen molar-refractivity contribution in [1.82, 2.24) is 10.2 Å². The van der Waals surface area contributed by atoms with E-state index in [-0.39, 0.29) is 5.54 Å². The zero-order valence-electron chi connectivity index (χ0n) is 12.7. The zero-order valence-corrected chi connectivity index (χ0v) is 12.7. The molecule has 0 amide bonds. The maximum Gasteiger partial charge on any atom is 0.0252 e. The van der Waals surface area contributed by atoms with E-state index in [1.165, 1.54) is 25.9 Å². The predicted molar refractivity (Wildman–Crippen MR) is 76.4 cm³/mol. The fourth-order valence-corrected chi connectivity index (χ4v) is 2.93. The molecule has 1 N–H and O–H groups in total. The standard InChI is InChI=1S/C15H32N2/c1-7-13(8-2)10-17-11-15(5,6)16-9-14(17)12(3)4/h12-14,16H,7-11H2,1-6H3. The molecule has 0 aromatic rings. The van der Waals surface area contributed by atoms with Gasteiger partial charge in [-0.15, -0.1) is 0 Å². The quantitative estimate of drug-likeness (QED) is 0.794. The molecule has 1 unspecified atom stereocenters. The van der Waals surface area contributed by atoms with Crippen molar-refractivity contribution in [2.24, 2.45) is 11.8 Å². The van der Waals surface area contributed by atoms with E-state index in [2.05, 4.69) is 51.8 Å². The van der Waals surface area contributed by atoms with Crippen molar-refractivity contribution < 1.29 is 0 Å². The van der Waals surface area contributed by atoms with Crippen LogP contribution in [0.5, 0.6) is 0 Å². The summed E-state index contributed by atoms with van der Waals surface area (Å²) in [5.41, 5.74) is 0.275. The fraction of sp³-hybridized carbons (Fsp3) is 1.00. The second-order valence-electron chi connectivity index (χ2n) is 6.69. The van der Waals surface area contributed by atoms with Crippen LogP contribution >= 0.6 is 0 Å². The van der Waals surface area contributed by atoms with Gasteiger partial charge in [0.1, 0.15) is 0 Å². The van der Waals surface area contributed by atoms with E-state index in [1.807, 2.05) is 0 Å². The SMILES string of the molecule is CCC(CC)CN1CC(C)(C)NCC1C(C)C. The molecule has 0 aliphatic carbocycles. The van der Waals surface area contributed by atoms with Crippen molar-refractivity contribution >= 4 is 0 Å². The monoisotopic (exact) mass is 240 g/mol. The molecule has 1 atom stereocenters. The summed E-state index contributed by atoms with van der Waals surface area (Å²) in [6, 6.07) is 0.712. The van der Waals surface area contributed by atoms with E-state index in [9.17, 15) is 0 Å². The van der Waals surface area contributed by atoms with Gasteiger partial charge in [-0.3, -0.25) is 4.90 Å². The smallest absolute Gasteiger partial charge is 0.0252 e. The third kappa shape index (κ3) is 4.26. The van der Waals surface area contributed by atoms with E-state index in [0.29, 0.717) is 6.04 Å². The van der Waals surface area contributed by atoms with E-state index in [0.717, 1.165) is 18.4 Å². The number of hydrogen-bond acceptors (Lipinski definition) is 2. The Morgan fingerprint density at radius 3 is 2.29 bits per heavy atom. The molecular weight excluding hydrogens is 208 g/mol. The van der Waals surface area contributed by atoms with Crippen LogP contribution in [0.3, 0.4) is 0 Å². The number of nitrogens with one attached hydrogen (secondary N) is 1. The van der Waals surface area contributed by atoms with Crippen LogP contribution in [0.2, 0.25) is 0 Å². The lowest BCUT2D eigenvalue weighted by molar-refractivity contribution is 0.0540. The van der Waals surface area contributed by atoms with Gasteiger partial charge in [0, 0.05) is 31.2 Å². The van der Waals surface area contributed by atoms with Gasteiger partial charge >= 0.3 is 0 Å². The van der Waals surface area contributed by atoms with Crippen LogP contribution in [0.25, 0.3) is 0 Å². The highest BCUT2D eigenvalue weighted by molar-refractivity contribution is 4.93. The minimum Gasteiger partial charge on any atom is -0.309 e. The Labute approximate surface area is 108 Å². The topological polar surface area (TPSA) is 15.3 Å².